The first-order chi connectivity index (χ1) is 8.49. The monoisotopic (exact) mass is 264 g/mol. The van der Waals surface area contributed by atoms with Gasteiger partial charge >= 0.3 is 0 Å². The number of aromatic nitrogens is 2. The lowest BCUT2D eigenvalue weighted by molar-refractivity contribution is 0.0983. The summed E-state index contributed by atoms with van der Waals surface area (Å²) in [6.45, 7) is 0. The number of carbonyl (C=O) groups excluding carboxylic acids is 1. The Kier molecular flexibility index (Phi) is 3.03. The summed E-state index contributed by atoms with van der Waals surface area (Å²) in [5.74, 6) is -0.876. The molecule has 7 heteroatoms. The number of nitrogens with two attached hydrogens (primary N) is 1. The average molecular weight is 265 g/mol. The molecule has 0 saturated heterocycles. The maximum atomic E-state index is 11.1. The normalized spacial score (nSPS) is 10.3. The Hall–Kier alpha value is -2.34. The third-order valence-electron chi connectivity index (χ3n) is 2.30. The summed E-state index contributed by atoms with van der Waals surface area (Å²) in [6.07, 6.45) is 1.22. The van der Waals surface area contributed by atoms with Crippen LogP contribution in [-0.4, -0.2) is 20.8 Å². The number of carbonyl (C=O) groups is 1. The van der Waals surface area contributed by atoms with E-state index in [0.29, 0.717) is 21.0 Å². The standard InChI is InChI=1S/C11H9ClN4O2/c12-7-3-1-6(2-4-7)8-5-16(18)10(13)9(15-8)11(14)17/h1-5,13,18H,(H2,14,17). The summed E-state index contributed by atoms with van der Waals surface area (Å²) in [5, 5.41) is 17.5. The average Bonchev–Trinajstić information content (AvgIpc) is 2.33. The highest BCUT2D eigenvalue weighted by Gasteiger charge is 2.11. The zero-order valence-corrected chi connectivity index (χ0v) is 9.85. The highest BCUT2D eigenvalue weighted by Crippen LogP contribution is 2.18. The molecule has 0 saturated carbocycles. The molecule has 0 unspecified atom stereocenters. The molecule has 0 fully saturated rings. The number of halogens is 1. The van der Waals surface area contributed by atoms with Crippen molar-refractivity contribution in [3.05, 3.63) is 46.7 Å². The lowest BCUT2D eigenvalue weighted by Crippen LogP contribution is -2.30. The number of hydrogen-bond donors (Lipinski definition) is 3. The zero-order chi connectivity index (χ0) is 13.3. The molecule has 2 rings (SSSR count). The second kappa shape index (κ2) is 4.50. The van der Waals surface area contributed by atoms with E-state index in [1.54, 1.807) is 24.3 Å². The molecule has 0 spiro atoms. The fourth-order valence-corrected chi connectivity index (χ4v) is 1.55. The van der Waals surface area contributed by atoms with Gasteiger partial charge in [0.1, 0.15) is 0 Å². The second-order valence-electron chi connectivity index (χ2n) is 3.54. The van der Waals surface area contributed by atoms with Crippen molar-refractivity contribution in [1.29, 1.82) is 5.41 Å². The van der Waals surface area contributed by atoms with Gasteiger partial charge in [-0.15, -0.1) is 0 Å². The second-order valence-corrected chi connectivity index (χ2v) is 3.98. The minimum Gasteiger partial charge on any atom is -0.427 e. The van der Waals surface area contributed by atoms with Crippen LogP contribution in [0.4, 0.5) is 0 Å². The van der Waals surface area contributed by atoms with Crippen LogP contribution in [0.1, 0.15) is 10.5 Å². The van der Waals surface area contributed by atoms with Crippen LogP contribution in [0.15, 0.2) is 30.5 Å². The van der Waals surface area contributed by atoms with Gasteiger partial charge in [0.05, 0.1) is 11.9 Å². The summed E-state index contributed by atoms with van der Waals surface area (Å²) >= 11 is 5.76. The molecule has 1 aromatic heterocycles. The fourth-order valence-electron chi connectivity index (χ4n) is 1.42. The molecule has 0 aliphatic heterocycles. The van der Waals surface area contributed by atoms with E-state index in [0.717, 1.165) is 0 Å². The van der Waals surface area contributed by atoms with Crippen molar-refractivity contribution < 1.29 is 10.0 Å². The van der Waals surface area contributed by atoms with Crippen molar-refractivity contribution in [3.8, 4) is 11.3 Å². The van der Waals surface area contributed by atoms with Crippen molar-refractivity contribution >= 4 is 17.5 Å². The predicted octanol–water partition coefficient (Wildman–Crippen LogP) is 1.02. The molecule has 1 heterocycles. The molecule has 0 atom stereocenters. The summed E-state index contributed by atoms with van der Waals surface area (Å²) in [7, 11) is 0. The topological polar surface area (TPSA) is 105 Å². The summed E-state index contributed by atoms with van der Waals surface area (Å²) in [4.78, 5) is 15.1. The minimum absolute atomic E-state index is 0.301. The Bertz CT molecular complexity index is 664. The van der Waals surface area contributed by atoms with E-state index in [-0.39, 0.29) is 5.69 Å². The number of benzene rings is 1. The third-order valence-corrected chi connectivity index (χ3v) is 2.56. The Morgan fingerprint density at radius 1 is 1.39 bits per heavy atom. The van der Waals surface area contributed by atoms with Crippen molar-refractivity contribution in [2.75, 3.05) is 0 Å². The molecule has 0 aliphatic carbocycles. The van der Waals surface area contributed by atoms with E-state index >= 15 is 0 Å². The predicted molar refractivity (Wildman–Crippen MR) is 64.2 cm³/mol. The van der Waals surface area contributed by atoms with Gasteiger partial charge < -0.3 is 10.9 Å². The van der Waals surface area contributed by atoms with Crippen molar-refractivity contribution in [2.45, 2.75) is 0 Å². The number of amides is 1. The molecule has 6 nitrogen and oxygen atoms in total. The van der Waals surface area contributed by atoms with Gasteiger partial charge in [0, 0.05) is 10.6 Å². The van der Waals surface area contributed by atoms with Crippen molar-refractivity contribution in [3.63, 3.8) is 0 Å². The number of nitrogens with zero attached hydrogens (tertiary/aromatic N) is 2. The number of primary amides is 1. The molecule has 92 valence electrons. The van der Waals surface area contributed by atoms with E-state index in [9.17, 15) is 10.0 Å². The largest absolute Gasteiger partial charge is 0.427 e. The van der Waals surface area contributed by atoms with E-state index in [1.807, 2.05) is 0 Å². The summed E-state index contributed by atoms with van der Waals surface area (Å²) in [5.41, 5.74) is 5.29. The summed E-state index contributed by atoms with van der Waals surface area (Å²) in [6, 6.07) is 6.66. The van der Waals surface area contributed by atoms with Crippen molar-refractivity contribution in [1.82, 2.24) is 9.71 Å². The van der Waals surface area contributed by atoms with Crippen molar-refractivity contribution in [2.24, 2.45) is 5.73 Å². The SMILES string of the molecule is N=c1c(C(N)=O)nc(-c2ccc(Cl)cc2)cn1O. The Morgan fingerprint density at radius 2 is 2.00 bits per heavy atom. The van der Waals surface area contributed by atoms with E-state index < -0.39 is 11.4 Å². The highest BCUT2D eigenvalue weighted by molar-refractivity contribution is 6.30. The first-order valence-corrected chi connectivity index (χ1v) is 5.30. The first-order valence-electron chi connectivity index (χ1n) is 4.92. The van der Waals surface area contributed by atoms with Crippen LogP contribution in [0, 0.1) is 5.41 Å². The van der Waals surface area contributed by atoms with Crippen LogP contribution in [0.25, 0.3) is 11.3 Å². The van der Waals surface area contributed by atoms with E-state index in [2.05, 4.69) is 4.98 Å². The maximum Gasteiger partial charge on any atom is 0.271 e. The molecule has 0 aliphatic rings. The van der Waals surface area contributed by atoms with Gasteiger partial charge in [0.2, 0.25) is 0 Å². The fraction of sp³-hybridized carbons (Fsp3) is 0. The Morgan fingerprint density at radius 3 is 2.56 bits per heavy atom. The summed E-state index contributed by atoms with van der Waals surface area (Å²) < 4.78 is 0.497. The molecular formula is C11H9ClN4O2. The third kappa shape index (κ3) is 2.18. The van der Waals surface area contributed by atoms with Crippen LogP contribution in [0.3, 0.4) is 0 Å². The molecule has 4 N–H and O–H groups in total. The van der Waals surface area contributed by atoms with Gasteiger partial charge in [-0.05, 0) is 12.1 Å². The zero-order valence-electron chi connectivity index (χ0n) is 9.09. The van der Waals surface area contributed by atoms with Crippen LogP contribution in [0.5, 0.6) is 0 Å². The minimum atomic E-state index is -0.876. The van der Waals surface area contributed by atoms with Crippen LogP contribution < -0.4 is 11.2 Å². The van der Waals surface area contributed by atoms with Gasteiger partial charge in [-0.3, -0.25) is 10.2 Å². The van der Waals surface area contributed by atoms with E-state index in [1.165, 1.54) is 6.20 Å². The van der Waals surface area contributed by atoms with Gasteiger partial charge in [-0.25, -0.2) is 4.98 Å². The van der Waals surface area contributed by atoms with Crippen LogP contribution in [-0.2, 0) is 0 Å². The van der Waals surface area contributed by atoms with Gasteiger partial charge in [-0.2, -0.15) is 4.73 Å². The molecule has 1 amide bonds. The molecule has 0 radical (unpaired) electrons. The van der Waals surface area contributed by atoms with E-state index in [4.69, 9.17) is 22.7 Å². The van der Waals surface area contributed by atoms with Gasteiger partial charge in [0.25, 0.3) is 5.91 Å². The molecular weight excluding hydrogens is 256 g/mol. The smallest absolute Gasteiger partial charge is 0.271 e. The van der Waals surface area contributed by atoms with Gasteiger partial charge in [-0.1, -0.05) is 23.7 Å². The highest BCUT2D eigenvalue weighted by atomic mass is 35.5. The van der Waals surface area contributed by atoms with Gasteiger partial charge in [0.15, 0.2) is 11.2 Å². The lowest BCUT2D eigenvalue weighted by atomic mass is 10.1. The first kappa shape index (κ1) is 12.1. The number of rotatable bonds is 2. The van der Waals surface area contributed by atoms with Crippen LogP contribution in [0.2, 0.25) is 5.02 Å². The molecule has 1 aromatic carbocycles. The Labute approximate surface area is 107 Å². The molecule has 2 aromatic rings. The number of hydrogen-bond acceptors (Lipinski definition) is 4. The van der Waals surface area contributed by atoms with Crippen LogP contribution >= 0.6 is 11.6 Å². The quantitative estimate of drug-likeness (QED) is 0.705. The molecule has 18 heavy (non-hydrogen) atoms. The Balaban J connectivity index is 2.62. The maximum absolute atomic E-state index is 11.1. The number of nitrogens with one attached hydrogen (secondary N) is 1. The molecule has 0 bridgehead atoms. The lowest BCUT2D eigenvalue weighted by Gasteiger charge is -2.06.